The van der Waals surface area contributed by atoms with E-state index in [1.54, 1.807) is 17.0 Å². The molecule has 1 N–H and O–H groups in total. The number of halogens is 2. The zero-order valence-corrected chi connectivity index (χ0v) is 20.8. The molecule has 1 atom stereocenters. The average molecular weight is 504 g/mol. The Morgan fingerprint density at radius 2 is 1.74 bits per heavy atom. The fraction of sp³-hybridized carbons (Fsp3) is 0.385. The second kappa shape index (κ2) is 9.88. The molecule has 0 aromatic heterocycles. The molecule has 4 rings (SSSR count). The summed E-state index contributed by atoms with van der Waals surface area (Å²) in [5.74, 6) is -0.870. The van der Waals surface area contributed by atoms with Crippen LogP contribution in [0.3, 0.4) is 0 Å². The molecule has 6 nitrogen and oxygen atoms in total. The van der Waals surface area contributed by atoms with Gasteiger partial charge in [-0.1, -0.05) is 48.2 Å². The van der Waals surface area contributed by atoms with Crippen molar-refractivity contribution >= 4 is 40.7 Å². The number of carbonyl (C=O) groups excluding carboxylic acids is 2. The third-order valence-electron chi connectivity index (χ3n) is 6.23. The molecule has 1 aliphatic heterocycles. The van der Waals surface area contributed by atoms with Gasteiger partial charge in [-0.3, -0.25) is 9.59 Å². The minimum Gasteiger partial charge on any atom is -0.507 e. The monoisotopic (exact) mass is 503 g/mol. The van der Waals surface area contributed by atoms with Crippen LogP contribution in [-0.4, -0.2) is 41.0 Å². The van der Waals surface area contributed by atoms with Crippen LogP contribution in [0.2, 0.25) is 10.0 Å². The van der Waals surface area contributed by atoms with Gasteiger partial charge in [0.25, 0.3) is 11.7 Å². The van der Waals surface area contributed by atoms with Crippen molar-refractivity contribution < 1.29 is 24.2 Å². The summed E-state index contributed by atoms with van der Waals surface area (Å²) in [6.45, 7) is 3.87. The summed E-state index contributed by atoms with van der Waals surface area (Å²) in [5, 5.41) is 11.8. The number of aliphatic hydroxyl groups is 1. The molecule has 8 heteroatoms. The first-order chi connectivity index (χ1) is 16.2. The number of hydrogen-bond acceptors (Lipinski definition) is 5. The Kier molecular flexibility index (Phi) is 7.10. The van der Waals surface area contributed by atoms with Gasteiger partial charge in [0.2, 0.25) is 0 Å². The van der Waals surface area contributed by atoms with Crippen LogP contribution >= 0.6 is 23.2 Å². The van der Waals surface area contributed by atoms with Gasteiger partial charge in [-0.05, 0) is 56.5 Å². The zero-order valence-electron chi connectivity index (χ0n) is 19.3. The summed E-state index contributed by atoms with van der Waals surface area (Å²) >= 11 is 12.5. The van der Waals surface area contributed by atoms with Gasteiger partial charge in [-0.25, -0.2) is 0 Å². The summed E-state index contributed by atoms with van der Waals surface area (Å²) < 4.78 is 11.1. The summed E-state index contributed by atoms with van der Waals surface area (Å²) in [5.41, 5.74) is 0.857. The molecule has 0 spiro atoms. The second-order valence-electron chi connectivity index (χ2n) is 8.85. The summed E-state index contributed by atoms with van der Waals surface area (Å²) in [4.78, 5) is 28.2. The quantitative estimate of drug-likeness (QED) is 0.290. The standard InChI is InChI=1S/C26H27Cl2NO5/c1-14(2)34-18-10-8-15(9-11-18)22-21(24(31)26(32)29(22)17-6-4-5-7-17)23(30)19-12-16(27)13-20(28)25(19)33-3/h8-14,17,22,30H,4-7H2,1-3H3/b23-21+. The zero-order chi connectivity index (χ0) is 24.6. The van der Waals surface area contributed by atoms with E-state index < -0.39 is 17.7 Å². The van der Waals surface area contributed by atoms with Crippen molar-refractivity contribution in [1.82, 2.24) is 4.90 Å². The molecule has 1 aliphatic carbocycles. The second-order valence-corrected chi connectivity index (χ2v) is 9.69. The lowest BCUT2D eigenvalue weighted by Crippen LogP contribution is -2.37. The number of benzene rings is 2. The van der Waals surface area contributed by atoms with Crippen molar-refractivity contribution in [3.8, 4) is 11.5 Å². The highest BCUT2D eigenvalue weighted by atomic mass is 35.5. The number of nitrogens with zero attached hydrogens (tertiary/aromatic N) is 1. The lowest BCUT2D eigenvalue weighted by Gasteiger charge is -2.31. The van der Waals surface area contributed by atoms with E-state index in [1.165, 1.54) is 19.2 Å². The van der Waals surface area contributed by atoms with Gasteiger partial charge >= 0.3 is 0 Å². The Morgan fingerprint density at radius 1 is 1.09 bits per heavy atom. The number of aliphatic hydroxyl groups excluding tert-OH is 1. The highest BCUT2D eigenvalue weighted by Crippen LogP contribution is 2.46. The number of rotatable bonds is 6. The van der Waals surface area contributed by atoms with Crippen molar-refractivity contribution in [3.05, 3.63) is 63.1 Å². The lowest BCUT2D eigenvalue weighted by molar-refractivity contribution is -0.141. The number of amides is 1. The highest BCUT2D eigenvalue weighted by molar-refractivity contribution is 6.47. The minimum absolute atomic E-state index is 0.00828. The Morgan fingerprint density at radius 3 is 2.32 bits per heavy atom. The van der Waals surface area contributed by atoms with Crippen LogP contribution in [0.4, 0.5) is 0 Å². The topological polar surface area (TPSA) is 76.1 Å². The number of ketones is 1. The van der Waals surface area contributed by atoms with E-state index in [4.69, 9.17) is 32.7 Å². The smallest absolute Gasteiger partial charge is 0.295 e. The normalized spacial score (nSPS) is 20.4. The summed E-state index contributed by atoms with van der Waals surface area (Å²) in [6, 6.07) is 9.39. The van der Waals surface area contributed by atoms with E-state index in [2.05, 4.69) is 0 Å². The molecular formula is C26H27Cl2NO5. The Hall–Kier alpha value is -2.70. The first-order valence-corrected chi connectivity index (χ1v) is 12.1. The van der Waals surface area contributed by atoms with Crippen molar-refractivity contribution in [2.45, 2.75) is 57.7 Å². The van der Waals surface area contributed by atoms with Crippen LogP contribution in [0.15, 0.2) is 42.0 Å². The van der Waals surface area contributed by atoms with Crippen LogP contribution in [0.5, 0.6) is 11.5 Å². The van der Waals surface area contributed by atoms with Gasteiger partial charge in [0.05, 0.1) is 35.4 Å². The van der Waals surface area contributed by atoms with E-state index in [-0.39, 0.29) is 44.8 Å². The van der Waals surface area contributed by atoms with Gasteiger partial charge in [0.15, 0.2) is 0 Å². The number of methoxy groups -OCH3 is 1. The van der Waals surface area contributed by atoms with E-state index >= 15 is 0 Å². The molecule has 1 heterocycles. The van der Waals surface area contributed by atoms with Gasteiger partial charge in [-0.15, -0.1) is 0 Å². The third kappa shape index (κ3) is 4.49. The molecule has 0 bridgehead atoms. The number of ether oxygens (including phenoxy) is 2. The van der Waals surface area contributed by atoms with Crippen LogP contribution in [0, 0.1) is 0 Å². The molecule has 0 radical (unpaired) electrons. The van der Waals surface area contributed by atoms with Crippen LogP contribution < -0.4 is 9.47 Å². The van der Waals surface area contributed by atoms with Gasteiger partial charge in [-0.2, -0.15) is 0 Å². The molecule has 1 unspecified atom stereocenters. The number of hydrogen-bond donors (Lipinski definition) is 1. The Bertz CT molecular complexity index is 1140. The SMILES string of the molecule is COc1c(Cl)cc(Cl)cc1/C(O)=C1\C(=O)C(=O)N(C2CCCC2)C1c1ccc(OC(C)C)cc1. The highest BCUT2D eigenvalue weighted by Gasteiger charge is 2.49. The Balaban J connectivity index is 1.89. The van der Waals surface area contributed by atoms with Crippen LogP contribution in [0.1, 0.15) is 56.7 Å². The maximum Gasteiger partial charge on any atom is 0.295 e. The molecule has 1 amide bonds. The molecule has 2 fully saturated rings. The number of carbonyl (C=O) groups is 2. The van der Waals surface area contributed by atoms with Crippen molar-refractivity contribution in [3.63, 3.8) is 0 Å². The molecule has 1 saturated heterocycles. The van der Waals surface area contributed by atoms with E-state index in [1.807, 2.05) is 26.0 Å². The van der Waals surface area contributed by atoms with Gasteiger partial charge < -0.3 is 19.5 Å². The number of Topliss-reactive ketones (excluding diaryl/α,β-unsaturated/α-hetero) is 1. The summed E-state index contributed by atoms with van der Waals surface area (Å²) in [6.07, 6.45) is 3.60. The first-order valence-electron chi connectivity index (χ1n) is 11.3. The lowest BCUT2D eigenvalue weighted by atomic mass is 9.94. The molecule has 2 aromatic rings. The van der Waals surface area contributed by atoms with E-state index in [9.17, 15) is 14.7 Å². The van der Waals surface area contributed by atoms with Gasteiger partial charge in [0, 0.05) is 11.1 Å². The fourth-order valence-electron chi connectivity index (χ4n) is 4.83. The molecule has 34 heavy (non-hydrogen) atoms. The largest absolute Gasteiger partial charge is 0.507 e. The third-order valence-corrected chi connectivity index (χ3v) is 6.73. The predicted molar refractivity (Wildman–Crippen MR) is 132 cm³/mol. The number of likely N-dealkylation sites (tertiary alicyclic amines) is 1. The van der Waals surface area contributed by atoms with Crippen molar-refractivity contribution in [1.29, 1.82) is 0 Å². The van der Waals surface area contributed by atoms with Gasteiger partial charge in [0.1, 0.15) is 17.3 Å². The molecule has 2 aliphatic rings. The van der Waals surface area contributed by atoms with Crippen LogP contribution in [-0.2, 0) is 9.59 Å². The van der Waals surface area contributed by atoms with E-state index in [0.29, 0.717) is 11.3 Å². The molecule has 2 aromatic carbocycles. The first kappa shape index (κ1) is 24.4. The predicted octanol–water partition coefficient (Wildman–Crippen LogP) is 6.15. The van der Waals surface area contributed by atoms with Crippen molar-refractivity contribution in [2.75, 3.05) is 7.11 Å². The fourth-order valence-corrected chi connectivity index (χ4v) is 5.40. The maximum atomic E-state index is 13.3. The molecule has 180 valence electrons. The Labute approximate surface area is 209 Å². The minimum atomic E-state index is -0.751. The average Bonchev–Trinajstić information content (AvgIpc) is 3.40. The van der Waals surface area contributed by atoms with E-state index in [0.717, 1.165) is 25.7 Å². The van der Waals surface area contributed by atoms with Crippen LogP contribution in [0.25, 0.3) is 5.76 Å². The maximum absolute atomic E-state index is 13.3. The molecular weight excluding hydrogens is 477 g/mol. The van der Waals surface area contributed by atoms with Crippen molar-refractivity contribution in [2.24, 2.45) is 0 Å². The summed E-state index contributed by atoms with van der Waals surface area (Å²) in [7, 11) is 1.41. The molecule has 1 saturated carbocycles.